The zero-order valence-electron chi connectivity index (χ0n) is 22.3. The van der Waals surface area contributed by atoms with E-state index in [1.54, 1.807) is 5.54 Å². The third kappa shape index (κ3) is 9.81. The summed E-state index contributed by atoms with van der Waals surface area (Å²) in [6.45, 7) is 28.3. The second-order valence-corrected chi connectivity index (χ2v) is 26.4. The van der Waals surface area contributed by atoms with Crippen molar-refractivity contribution in [2.75, 3.05) is 0 Å². The van der Waals surface area contributed by atoms with Gasteiger partial charge >= 0.3 is 26.2 Å². The van der Waals surface area contributed by atoms with Crippen LogP contribution in [0.25, 0.3) is 6.08 Å². The van der Waals surface area contributed by atoms with Crippen molar-refractivity contribution in [1.29, 1.82) is 0 Å². The molecule has 4 rings (SSSR count). The largest absolute Gasteiger partial charge is 4.00 e. The first-order valence-electron chi connectivity index (χ1n) is 11.6. The maximum absolute atomic E-state index is 3.91. The van der Waals surface area contributed by atoms with Gasteiger partial charge in [0.15, 0.2) is 0 Å². The molecule has 0 aromatic heterocycles. The topological polar surface area (TPSA) is 0 Å². The van der Waals surface area contributed by atoms with Gasteiger partial charge in [0.1, 0.15) is 0 Å². The molecule has 0 heterocycles. The van der Waals surface area contributed by atoms with Gasteiger partial charge in [-0.3, -0.25) is 0 Å². The molecular weight excluding hydrogens is 524 g/mol. The van der Waals surface area contributed by atoms with Gasteiger partial charge in [-0.15, -0.1) is 16.1 Å². The van der Waals surface area contributed by atoms with E-state index in [2.05, 4.69) is 141 Å². The zero-order valence-corrected chi connectivity index (χ0v) is 27.7. The van der Waals surface area contributed by atoms with Gasteiger partial charge in [-0.05, 0) is 60.2 Å². The number of fused-ring (bicyclic) bond motifs is 3. The Balaban J connectivity index is 0.000000422. The van der Waals surface area contributed by atoms with Gasteiger partial charge in [0.2, 0.25) is 0 Å². The molecule has 0 amide bonds. The summed E-state index contributed by atoms with van der Waals surface area (Å²) in [5.41, 5.74) is 5.83. The molecule has 3 aliphatic rings. The van der Waals surface area contributed by atoms with E-state index in [9.17, 15) is 0 Å². The van der Waals surface area contributed by atoms with E-state index in [1.807, 2.05) is 0 Å². The van der Waals surface area contributed by atoms with Crippen LogP contribution in [0.4, 0.5) is 0 Å². The van der Waals surface area contributed by atoms with Crippen LogP contribution in [0.3, 0.4) is 0 Å². The fraction of sp³-hybridized carbons (Fsp3) is 0.310. The van der Waals surface area contributed by atoms with E-state index in [4.69, 9.17) is 0 Å². The van der Waals surface area contributed by atoms with Crippen molar-refractivity contribution >= 4 is 30.3 Å². The summed E-state index contributed by atoms with van der Waals surface area (Å²) in [4.78, 5) is 0. The predicted octanol–water partition coefficient (Wildman–Crippen LogP) is 8.18. The third-order valence-electron chi connectivity index (χ3n) is 5.00. The van der Waals surface area contributed by atoms with Gasteiger partial charge in [-0.1, -0.05) is 95.7 Å². The fourth-order valence-corrected chi connectivity index (χ4v) is 7.20. The maximum Gasteiger partial charge on any atom is 4.00 e. The molecule has 3 aliphatic carbocycles. The molecule has 0 spiro atoms. The first-order chi connectivity index (χ1) is 14.6. The maximum atomic E-state index is 3.91. The van der Waals surface area contributed by atoms with Crippen molar-refractivity contribution in [2.24, 2.45) is 0 Å². The van der Waals surface area contributed by atoms with Gasteiger partial charge in [0.05, 0.1) is 8.07 Å². The van der Waals surface area contributed by atoms with Crippen molar-refractivity contribution in [3.8, 4) is 0 Å². The van der Waals surface area contributed by atoms with Gasteiger partial charge < -0.3 is 13.1 Å². The second-order valence-electron chi connectivity index (χ2n) is 11.9. The van der Waals surface area contributed by atoms with Gasteiger partial charge in [0, 0.05) is 11.8 Å². The molecule has 2 saturated carbocycles. The summed E-state index contributed by atoms with van der Waals surface area (Å²) in [6.07, 6.45) is 15.9. The van der Waals surface area contributed by atoms with Crippen molar-refractivity contribution in [3.05, 3.63) is 116 Å². The third-order valence-corrected chi connectivity index (χ3v) is 8.69. The number of hydrogen-bond donors (Lipinski definition) is 0. The quantitative estimate of drug-likeness (QED) is 0.250. The molecule has 2 fully saturated rings. The number of benzene rings is 1. The SMILES string of the molecule is C[C]1[CH][C]2[C](C=Cc3ccccc32)[C]1[Si](C)(C)[C]1[CH][CH][CH][CH]1.[CH2-][Si](C)(C)C.[CH2-][Si](C)(C)C.[Zr+4]. The molecule has 0 atom stereocenters. The van der Waals surface area contributed by atoms with Crippen LogP contribution >= 0.6 is 0 Å². The average molecular weight is 566 g/mol. The van der Waals surface area contributed by atoms with Crippen LogP contribution in [0.1, 0.15) is 18.1 Å². The van der Waals surface area contributed by atoms with E-state index in [1.165, 1.54) is 34.4 Å². The Hall–Kier alpha value is 0.494. The first kappa shape index (κ1) is 31.5. The van der Waals surface area contributed by atoms with Gasteiger partial charge in [0.25, 0.3) is 0 Å². The summed E-state index contributed by atoms with van der Waals surface area (Å²) in [7, 11) is -3.37. The molecule has 1 aromatic rings. The average Bonchev–Trinajstić information content (AvgIpc) is 3.26. The van der Waals surface area contributed by atoms with Crippen molar-refractivity contribution in [2.45, 2.75) is 59.3 Å². The first-order valence-corrected chi connectivity index (χ1v) is 22.0. The molecule has 10 radical (unpaired) electrons. The predicted molar refractivity (Wildman–Crippen MR) is 153 cm³/mol. The molecule has 0 unspecified atom stereocenters. The van der Waals surface area contributed by atoms with Crippen LogP contribution in [0.15, 0.2) is 30.3 Å². The molecule has 0 N–H and O–H groups in total. The fourth-order valence-electron chi connectivity index (χ4n) is 3.93. The molecule has 172 valence electrons. The van der Waals surface area contributed by atoms with Crippen LogP contribution in [0.2, 0.25) is 52.4 Å². The summed E-state index contributed by atoms with van der Waals surface area (Å²) in [5.74, 6) is 4.32. The van der Waals surface area contributed by atoms with Crippen LogP contribution in [0.5, 0.6) is 0 Å². The number of rotatable bonds is 2. The van der Waals surface area contributed by atoms with E-state index < -0.39 is 24.2 Å². The van der Waals surface area contributed by atoms with Crippen molar-refractivity contribution in [3.63, 3.8) is 0 Å². The molecule has 0 bridgehead atoms. The van der Waals surface area contributed by atoms with Crippen molar-refractivity contribution in [1.82, 2.24) is 0 Å². The number of hydrogen-bond acceptors (Lipinski definition) is 0. The van der Waals surface area contributed by atoms with Gasteiger partial charge in [-0.25, -0.2) is 0 Å². The van der Waals surface area contributed by atoms with Crippen molar-refractivity contribution < 1.29 is 26.2 Å². The molecule has 0 saturated heterocycles. The molecule has 1 aromatic carbocycles. The van der Waals surface area contributed by atoms with Crippen LogP contribution in [-0.4, -0.2) is 24.2 Å². The van der Waals surface area contributed by atoms with Crippen LogP contribution in [-0.2, 0) is 26.2 Å². The minimum Gasteiger partial charge on any atom is -0.342 e. The molecule has 0 nitrogen and oxygen atoms in total. The van der Waals surface area contributed by atoms with E-state index in [0.717, 1.165) is 0 Å². The van der Waals surface area contributed by atoms with E-state index in [0.29, 0.717) is 0 Å². The Bertz CT molecular complexity index is 727. The van der Waals surface area contributed by atoms with Crippen LogP contribution in [0, 0.1) is 74.0 Å². The molecule has 33 heavy (non-hydrogen) atoms. The smallest absolute Gasteiger partial charge is 0.342 e. The second kappa shape index (κ2) is 12.6. The summed E-state index contributed by atoms with van der Waals surface area (Å²) in [6, 6.07) is 8.71. The monoisotopic (exact) mass is 564 g/mol. The Labute approximate surface area is 230 Å². The normalized spacial score (nSPS) is 20.2. The Morgan fingerprint density at radius 3 is 1.70 bits per heavy atom. The molecular formula is C29H42Si3Zr+2. The zero-order chi connectivity index (χ0) is 24.3. The summed E-state index contributed by atoms with van der Waals surface area (Å²) in [5, 5.41) is 0. The minimum atomic E-state index is -1.65. The summed E-state index contributed by atoms with van der Waals surface area (Å²) < 4.78 is 0. The van der Waals surface area contributed by atoms with E-state index >= 15 is 0 Å². The molecule has 4 heteroatoms. The van der Waals surface area contributed by atoms with Crippen LogP contribution < -0.4 is 0 Å². The summed E-state index contributed by atoms with van der Waals surface area (Å²) >= 11 is 0. The van der Waals surface area contributed by atoms with Gasteiger partial charge in [-0.2, -0.15) is 0 Å². The Morgan fingerprint density at radius 2 is 1.18 bits per heavy atom. The van der Waals surface area contributed by atoms with E-state index in [-0.39, 0.29) is 26.2 Å². The number of allylic oxidation sites excluding steroid dienone is 1. The Morgan fingerprint density at radius 1 is 0.697 bits per heavy atom. The Kier molecular flexibility index (Phi) is 12.1. The standard InChI is InChI=1S/C21H20Si.2C4H11Si.Zr/c1-15-14-20-18-11-7-4-8-16(18)12-13-19(20)21(15)22(2,3)17-9-5-6-10-17;2*1-5(2,3)4;/h4-14H,1-3H3;2*1H2,2-4H3;/q;2*-1;+4. The minimum absolute atomic E-state index is 0. The molecule has 0 aliphatic heterocycles.